The predicted octanol–water partition coefficient (Wildman–Crippen LogP) is 1.59. The topological polar surface area (TPSA) is 98.7 Å². The van der Waals surface area contributed by atoms with Gasteiger partial charge in [-0.25, -0.2) is 0 Å². The van der Waals surface area contributed by atoms with E-state index in [9.17, 15) is 14.4 Å². The third kappa shape index (κ3) is 6.55. The average Bonchev–Trinajstić information content (AvgIpc) is 2.52. The van der Waals surface area contributed by atoms with Gasteiger partial charge in [-0.15, -0.1) is 12.4 Å². The molecule has 0 aromatic heterocycles. The van der Waals surface area contributed by atoms with Crippen LogP contribution in [0.3, 0.4) is 0 Å². The number of anilines is 1. The van der Waals surface area contributed by atoms with Crippen LogP contribution in [-0.4, -0.2) is 54.0 Å². The van der Waals surface area contributed by atoms with Crippen LogP contribution in [0.25, 0.3) is 0 Å². The molecule has 1 unspecified atom stereocenters. The van der Waals surface area contributed by atoms with Crippen LogP contribution < -0.4 is 10.6 Å². The zero-order chi connectivity index (χ0) is 17.4. The Morgan fingerprint density at radius 3 is 2.50 bits per heavy atom. The molecule has 8 heteroatoms. The summed E-state index contributed by atoms with van der Waals surface area (Å²) in [5.74, 6) is -1.53. The van der Waals surface area contributed by atoms with E-state index < -0.39 is 12.0 Å². The fraction of sp³-hybridized carbons (Fsp3) is 0.438. The summed E-state index contributed by atoms with van der Waals surface area (Å²) >= 11 is 0. The number of hydrogen-bond acceptors (Lipinski definition) is 4. The Labute approximate surface area is 147 Å². The van der Waals surface area contributed by atoms with Crippen LogP contribution >= 0.6 is 12.4 Å². The van der Waals surface area contributed by atoms with Gasteiger partial charge in [0.05, 0.1) is 12.6 Å². The molecule has 1 aromatic rings. The molecular weight excluding hydrogens is 334 g/mol. The molecule has 0 bridgehead atoms. The minimum atomic E-state index is -0.972. The first kappa shape index (κ1) is 21.9. The highest BCUT2D eigenvalue weighted by Gasteiger charge is 2.22. The van der Waals surface area contributed by atoms with Crippen molar-refractivity contribution in [1.82, 2.24) is 10.2 Å². The number of carbonyl (C=O) groups excluding carboxylic acids is 2. The summed E-state index contributed by atoms with van der Waals surface area (Å²) in [6.07, 6.45) is 0.747. The second-order valence-electron chi connectivity index (χ2n) is 5.19. The van der Waals surface area contributed by atoms with Gasteiger partial charge in [-0.2, -0.15) is 0 Å². The van der Waals surface area contributed by atoms with Gasteiger partial charge in [-0.1, -0.05) is 13.0 Å². The Kier molecular flexibility index (Phi) is 9.68. The summed E-state index contributed by atoms with van der Waals surface area (Å²) in [5, 5.41) is 14.2. The normalized spacial score (nSPS) is 11.3. The van der Waals surface area contributed by atoms with Gasteiger partial charge in [-0.3, -0.25) is 19.3 Å². The largest absolute Gasteiger partial charge is 0.480 e. The van der Waals surface area contributed by atoms with Gasteiger partial charge in [0, 0.05) is 18.3 Å². The second kappa shape index (κ2) is 10.6. The molecule has 2 amide bonds. The molecule has 0 radical (unpaired) electrons. The lowest BCUT2D eigenvalue weighted by atomic mass is 10.1. The van der Waals surface area contributed by atoms with Crippen LogP contribution in [0.15, 0.2) is 24.3 Å². The van der Waals surface area contributed by atoms with Gasteiger partial charge in [0.25, 0.3) is 5.91 Å². The molecule has 0 aliphatic rings. The third-order valence-electron chi connectivity index (χ3n) is 3.40. The first-order valence-electron chi connectivity index (χ1n) is 7.47. The number of amides is 2. The minimum absolute atomic E-state index is 0. The fourth-order valence-electron chi connectivity index (χ4n) is 2.17. The predicted molar refractivity (Wildman–Crippen MR) is 94.7 cm³/mol. The minimum Gasteiger partial charge on any atom is -0.480 e. The molecule has 0 fully saturated rings. The van der Waals surface area contributed by atoms with Gasteiger partial charge < -0.3 is 15.7 Å². The zero-order valence-electron chi connectivity index (χ0n) is 14.0. The maximum atomic E-state index is 12.3. The van der Waals surface area contributed by atoms with E-state index in [0.29, 0.717) is 17.8 Å². The monoisotopic (exact) mass is 357 g/mol. The van der Waals surface area contributed by atoms with Crippen LogP contribution in [0, 0.1) is 0 Å². The number of carboxylic acids is 1. The number of carboxylic acid groups (broad SMARTS) is 1. The summed E-state index contributed by atoms with van der Waals surface area (Å²) in [4.78, 5) is 36.4. The Morgan fingerprint density at radius 1 is 1.29 bits per heavy atom. The van der Waals surface area contributed by atoms with Crippen LogP contribution in [0.1, 0.15) is 30.6 Å². The van der Waals surface area contributed by atoms with Crippen molar-refractivity contribution >= 4 is 35.9 Å². The van der Waals surface area contributed by atoms with E-state index in [4.69, 9.17) is 5.11 Å². The lowest BCUT2D eigenvalue weighted by Crippen LogP contribution is -2.44. The number of carbonyl (C=O) groups is 3. The first-order valence-corrected chi connectivity index (χ1v) is 7.47. The number of halogens is 1. The van der Waals surface area contributed by atoms with E-state index in [-0.39, 0.29) is 30.8 Å². The van der Waals surface area contributed by atoms with Crippen LogP contribution in [0.4, 0.5) is 5.69 Å². The van der Waals surface area contributed by atoms with E-state index in [2.05, 4.69) is 10.6 Å². The maximum absolute atomic E-state index is 12.3. The van der Waals surface area contributed by atoms with Crippen LogP contribution in [0.5, 0.6) is 0 Å². The quantitative estimate of drug-likeness (QED) is 0.656. The Hall–Kier alpha value is -2.12. The molecule has 24 heavy (non-hydrogen) atoms. The van der Waals surface area contributed by atoms with Gasteiger partial charge in [0.15, 0.2) is 0 Å². The lowest BCUT2D eigenvalue weighted by molar-refractivity contribution is -0.139. The smallest absolute Gasteiger partial charge is 0.317 e. The van der Waals surface area contributed by atoms with Crippen molar-refractivity contribution in [3.63, 3.8) is 0 Å². The maximum Gasteiger partial charge on any atom is 0.317 e. The van der Waals surface area contributed by atoms with Crippen molar-refractivity contribution in [2.45, 2.75) is 26.3 Å². The molecule has 0 spiro atoms. The van der Waals surface area contributed by atoms with Crippen molar-refractivity contribution in [2.24, 2.45) is 0 Å². The molecule has 1 rings (SSSR count). The highest BCUT2D eigenvalue weighted by Crippen LogP contribution is 2.12. The molecule has 1 aromatic carbocycles. The highest BCUT2D eigenvalue weighted by atomic mass is 35.5. The van der Waals surface area contributed by atoms with Gasteiger partial charge in [-0.05, 0) is 38.1 Å². The van der Waals surface area contributed by atoms with Crippen molar-refractivity contribution in [2.75, 3.05) is 25.5 Å². The van der Waals surface area contributed by atoms with Crippen LogP contribution in [-0.2, 0) is 9.59 Å². The molecule has 0 saturated heterocycles. The molecule has 3 N–H and O–H groups in total. The number of rotatable bonds is 8. The summed E-state index contributed by atoms with van der Waals surface area (Å²) in [5.41, 5.74) is 0.934. The molecule has 0 saturated carbocycles. The second-order valence-corrected chi connectivity index (χ2v) is 5.19. The van der Waals surface area contributed by atoms with E-state index in [1.165, 1.54) is 7.05 Å². The fourth-order valence-corrected chi connectivity index (χ4v) is 2.17. The molecule has 7 nitrogen and oxygen atoms in total. The number of aliphatic carboxylic acids is 1. The molecular formula is C16H24ClN3O4. The van der Waals surface area contributed by atoms with E-state index in [1.807, 2.05) is 6.92 Å². The standard InChI is InChI=1S/C16H23N3O4.ClH/c1-4-8-19(10-14(20)21)11(2)15(22)18-13-7-5-6-12(9-13)16(23)17-3;/h5-7,9,11H,4,8,10H2,1-3H3,(H,17,23)(H,18,22)(H,20,21);1H. The Balaban J connectivity index is 0.00000529. The summed E-state index contributed by atoms with van der Waals surface area (Å²) in [6, 6.07) is 5.98. The van der Waals surface area contributed by atoms with Gasteiger partial charge >= 0.3 is 5.97 Å². The highest BCUT2D eigenvalue weighted by molar-refractivity contribution is 5.98. The van der Waals surface area contributed by atoms with Crippen LogP contribution in [0.2, 0.25) is 0 Å². The Bertz CT molecular complexity index is 580. The molecule has 0 heterocycles. The van der Waals surface area contributed by atoms with E-state index >= 15 is 0 Å². The summed E-state index contributed by atoms with van der Waals surface area (Å²) in [7, 11) is 1.53. The van der Waals surface area contributed by atoms with Gasteiger partial charge in [0.1, 0.15) is 0 Å². The molecule has 0 aliphatic carbocycles. The summed E-state index contributed by atoms with van der Waals surface area (Å²) < 4.78 is 0. The molecule has 1 atom stereocenters. The number of nitrogens with zero attached hydrogens (tertiary/aromatic N) is 1. The van der Waals surface area contributed by atoms with E-state index in [0.717, 1.165) is 6.42 Å². The average molecular weight is 358 g/mol. The zero-order valence-corrected chi connectivity index (χ0v) is 14.9. The van der Waals surface area contributed by atoms with Crippen molar-refractivity contribution in [3.05, 3.63) is 29.8 Å². The van der Waals surface area contributed by atoms with E-state index in [1.54, 1.807) is 36.1 Å². The SMILES string of the molecule is CCCN(CC(=O)O)C(C)C(=O)Nc1cccc(C(=O)NC)c1.Cl. The number of benzene rings is 1. The third-order valence-corrected chi connectivity index (χ3v) is 3.40. The lowest BCUT2D eigenvalue weighted by Gasteiger charge is -2.26. The number of nitrogens with one attached hydrogen (secondary N) is 2. The Morgan fingerprint density at radius 2 is 1.96 bits per heavy atom. The van der Waals surface area contributed by atoms with Gasteiger partial charge in [0.2, 0.25) is 5.91 Å². The van der Waals surface area contributed by atoms with Crippen molar-refractivity contribution in [1.29, 1.82) is 0 Å². The summed E-state index contributed by atoms with van der Waals surface area (Å²) in [6.45, 7) is 3.91. The number of hydrogen-bond donors (Lipinski definition) is 3. The molecule has 134 valence electrons. The first-order chi connectivity index (χ1) is 10.9. The van der Waals surface area contributed by atoms with Crippen molar-refractivity contribution < 1.29 is 19.5 Å². The van der Waals surface area contributed by atoms with Crippen molar-refractivity contribution in [3.8, 4) is 0 Å². The molecule has 0 aliphatic heterocycles.